The molecule has 1 aliphatic heterocycles. The van der Waals surface area contributed by atoms with Gasteiger partial charge in [0.25, 0.3) is 0 Å². The molecule has 0 aliphatic carbocycles. The summed E-state index contributed by atoms with van der Waals surface area (Å²) in [5.41, 5.74) is 0.831. The molecule has 0 radical (unpaired) electrons. The average molecular weight is 231 g/mol. The zero-order valence-electron chi connectivity index (χ0n) is 9.06. The summed E-state index contributed by atoms with van der Waals surface area (Å²) in [5, 5.41) is 20.5. The lowest BCUT2D eigenvalue weighted by atomic mass is 9.84. The van der Waals surface area contributed by atoms with E-state index in [4.69, 9.17) is 10.2 Å². The van der Waals surface area contributed by atoms with E-state index < -0.39 is 23.9 Å². The molecule has 1 rings (SSSR count). The highest BCUT2D eigenvalue weighted by Gasteiger charge is 2.41. The topological polar surface area (TPSA) is 118 Å². The Kier molecular flexibility index (Phi) is 5.13. The van der Waals surface area contributed by atoms with E-state index in [1.807, 2.05) is 0 Å². The van der Waals surface area contributed by atoms with Crippen molar-refractivity contribution in [3.8, 4) is 0 Å². The van der Waals surface area contributed by atoms with Crippen molar-refractivity contribution in [2.24, 2.45) is 11.8 Å². The molecule has 1 aliphatic rings. The second kappa shape index (κ2) is 5.62. The van der Waals surface area contributed by atoms with Gasteiger partial charge >= 0.3 is 11.9 Å². The van der Waals surface area contributed by atoms with Crippen LogP contribution in [0, 0.1) is 11.8 Å². The Hall–Kier alpha value is -1.40. The van der Waals surface area contributed by atoms with E-state index in [0.29, 0.717) is 6.54 Å². The van der Waals surface area contributed by atoms with Crippen molar-refractivity contribution in [1.29, 1.82) is 0 Å². The Morgan fingerprint density at radius 2 is 2.00 bits per heavy atom. The van der Waals surface area contributed by atoms with Crippen LogP contribution >= 0.6 is 0 Å². The van der Waals surface area contributed by atoms with Crippen molar-refractivity contribution in [3.63, 3.8) is 0 Å². The predicted molar refractivity (Wildman–Crippen MR) is 57.1 cm³/mol. The van der Waals surface area contributed by atoms with Crippen molar-refractivity contribution < 1.29 is 25.3 Å². The number of rotatable bonds is 4. The van der Waals surface area contributed by atoms with E-state index in [1.165, 1.54) is 0 Å². The van der Waals surface area contributed by atoms with Crippen LogP contribution < -0.4 is 5.32 Å². The van der Waals surface area contributed by atoms with Gasteiger partial charge in [0.05, 0.1) is 6.42 Å². The number of aliphatic carboxylic acids is 2. The molecule has 0 aromatic heterocycles. The molecule has 0 saturated carbocycles. The Labute approximate surface area is 93.3 Å². The van der Waals surface area contributed by atoms with E-state index >= 15 is 0 Å². The van der Waals surface area contributed by atoms with Crippen molar-refractivity contribution in [1.82, 2.24) is 5.32 Å². The van der Waals surface area contributed by atoms with Gasteiger partial charge in [0.1, 0.15) is 6.04 Å². The molecule has 5 N–H and O–H groups in total. The number of hydrogen-bond donors (Lipinski definition) is 3. The summed E-state index contributed by atoms with van der Waals surface area (Å²) >= 11 is 0. The maximum absolute atomic E-state index is 10.9. The maximum Gasteiger partial charge on any atom is 0.321 e. The molecule has 92 valence electrons. The minimum absolute atomic E-state index is 0. The first-order valence-corrected chi connectivity index (χ1v) is 4.77. The Balaban J connectivity index is 0.00000225. The first-order chi connectivity index (χ1) is 6.93. The van der Waals surface area contributed by atoms with Crippen molar-refractivity contribution in [3.05, 3.63) is 12.2 Å². The summed E-state index contributed by atoms with van der Waals surface area (Å²) in [6.07, 6.45) is -0.137. The van der Waals surface area contributed by atoms with Gasteiger partial charge < -0.3 is 21.0 Å². The summed E-state index contributed by atoms with van der Waals surface area (Å²) in [7, 11) is 0. The lowest BCUT2D eigenvalue weighted by Crippen LogP contribution is -2.36. The molecule has 0 bridgehead atoms. The highest BCUT2D eigenvalue weighted by molar-refractivity contribution is 5.76. The Morgan fingerprint density at radius 3 is 2.38 bits per heavy atom. The van der Waals surface area contributed by atoms with Gasteiger partial charge in [-0.05, 0) is 12.8 Å². The molecule has 0 aromatic carbocycles. The Bertz CT molecular complexity index is 280. The minimum Gasteiger partial charge on any atom is -0.481 e. The molecule has 0 aromatic rings. The molecular weight excluding hydrogens is 214 g/mol. The van der Waals surface area contributed by atoms with Crippen molar-refractivity contribution in [2.45, 2.75) is 19.4 Å². The van der Waals surface area contributed by atoms with Crippen LogP contribution in [-0.2, 0) is 9.59 Å². The quantitative estimate of drug-likeness (QED) is 0.564. The highest BCUT2D eigenvalue weighted by Crippen LogP contribution is 2.30. The fraction of sp³-hybridized carbons (Fsp3) is 0.600. The molecule has 0 amide bonds. The fourth-order valence-corrected chi connectivity index (χ4v) is 2.06. The number of carboxylic acid groups (broad SMARTS) is 2. The van der Waals surface area contributed by atoms with Gasteiger partial charge in [-0.15, -0.1) is 0 Å². The van der Waals surface area contributed by atoms with Gasteiger partial charge in [-0.3, -0.25) is 9.59 Å². The van der Waals surface area contributed by atoms with Crippen LogP contribution in [0.15, 0.2) is 12.2 Å². The number of carboxylic acids is 2. The minimum atomic E-state index is -0.995. The highest BCUT2D eigenvalue weighted by atomic mass is 16.4. The lowest BCUT2D eigenvalue weighted by molar-refractivity contribution is -0.142. The monoisotopic (exact) mass is 231 g/mol. The van der Waals surface area contributed by atoms with Crippen molar-refractivity contribution >= 4 is 11.9 Å². The average Bonchev–Trinajstić information content (AvgIpc) is 2.46. The summed E-state index contributed by atoms with van der Waals surface area (Å²) < 4.78 is 0. The zero-order valence-corrected chi connectivity index (χ0v) is 9.06. The van der Waals surface area contributed by atoms with E-state index in [9.17, 15) is 9.59 Å². The molecule has 1 saturated heterocycles. The van der Waals surface area contributed by atoms with Gasteiger partial charge in [0.2, 0.25) is 0 Å². The largest absolute Gasteiger partial charge is 0.481 e. The molecule has 0 spiro atoms. The van der Waals surface area contributed by atoms with Gasteiger partial charge in [0.15, 0.2) is 0 Å². The summed E-state index contributed by atoms with van der Waals surface area (Å²) in [6, 6.07) is -0.775. The van der Waals surface area contributed by atoms with E-state index in [2.05, 4.69) is 11.9 Å². The van der Waals surface area contributed by atoms with E-state index in [0.717, 1.165) is 5.57 Å². The smallest absolute Gasteiger partial charge is 0.321 e. The van der Waals surface area contributed by atoms with Crippen LogP contribution in [0.5, 0.6) is 0 Å². The SMILES string of the molecule is C=C(C)[C@@H]1CN[C@@H](C(=O)O)[C@@H]1CC(=O)O.O. The summed E-state index contributed by atoms with van der Waals surface area (Å²) in [5.74, 6) is -2.44. The molecule has 6 nitrogen and oxygen atoms in total. The third-order valence-corrected chi connectivity index (χ3v) is 2.81. The van der Waals surface area contributed by atoms with E-state index in [-0.39, 0.29) is 17.8 Å². The van der Waals surface area contributed by atoms with Crippen LogP contribution in [0.25, 0.3) is 0 Å². The predicted octanol–water partition coefficient (Wildman–Crippen LogP) is -0.499. The summed E-state index contributed by atoms with van der Waals surface area (Å²) in [4.78, 5) is 21.5. The van der Waals surface area contributed by atoms with Crippen molar-refractivity contribution in [2.75, 3.05) is 6.54 Å². The third-order valence-electron chi connectivity index (χ3n) is 2.81. The standard InChI is InChI=1S/C10H15NO4.H2O/c1-5(2)7-4-11-9(10(14)15)6(7)3-8(12)13;/h6-7,9,11H,1,3-4H2,2H3,(H,12,13)(H,14,15);1H2/t6-,7+,9-;/m1./s1. The molecule has 3 atom stereocenters. The first kappa shape index (κ1) is 14.6. The van der Waals surface area contributed by atoms with Crippen LogP contribution in [-0.4, -0.2) is 40.2 Å². The van der Waals surface area contributed by atoms with E-state index in [1.54, 1.807) is 6.92 Å². The number of nitrogens with one attached hydrogen (secondary N) is 1. The fourth-order valence-electron chi connectivity index (χ4n) is 2.06. The number of carbonyl (C=O) groups is 2. The van der Waals surface area contributed by atoms with Gasteiger partial charge in [0, 0.05) is 12.5 Å². The molecular formula is C10H17NO5. The van der Waals surface area contributed by atoms with Gasteiger partial charge in [-0.25, -0.2) is 0 Å². The van der Waals surface area contributed by atoms with Crippen LogP contribution in [0.3, 0.4) is 0 Å². The molecule has 1 fully saturated rings. The van der Waals surface area contributed by atoms with Crippen LogP contribution in [0.1, 0.15) is 13.3 Å². The molecule has 1 heterocycles. The maximum atomic E-state index is 10.9. The van der Waals surface area contributed by atoms with Gasteiger partial charge in [-0.1, -0.05) is 12.2 Å². The second-order valence-electron chi connectivity index (χ2n) is 3.94. The second-order valence-corrected chi connectivity index (χ2v) is 3.94. The molecule has 0 unspecified atom stereocenters. The molecule has 16 heavy (non-hydrogen) atoms. The van der Waals surface area contributed by atoms with Gasteiger partial charge in [-0.2, -0.15) is 0 Å². The Morgan fingerprint density at radius 1 is 1.44 bits per heavy atom. The first-order valence-electron chi connectivity index (χ1n) is 4.77. The zero-order chi connectivity index (χ0) is 11.6. The normalized spacial score (nSPS) is 28.2. The summed E-state index contributed by atoms with van der Waals surface area (Å²) in [6.45, 7) is 6.05. The van der Waals surface area contributed by atoms with Crippen LogP contribution in [0.4, 0.5) is 0 Å². The molecule has 6 heteroatoms. The lowest BCUT2D eigenvalue weighted by Gasteiger charge is -2.19. The number of hydrogen-bond acceptors (Lipinski definition) is 3. The third kappa shape index (κ3) is 3.04. The van der Waals surface area contributed by atoms with Crippen LogP contribution in [0.2, 0.25) is 0 Å².